The molecule has 1 aliphatic heterocycles. The van der Waals surface area contributed by atoms with Crippen LogP contribution >= 0.6 is 11.8 Å². The summed E-state index contributed by atoms with van der Waals surface area (Å²) in [5, 5.41) is 21.4. The highest BCUT2D eigenvalue weighted by molar-refractivity contribution is 8.14. The molecule has 0 spiro atoms. The first kappa shape index (κ1) is 29.4. The van der Waals surface area contributed by atoms with E-state index in [2.05, 4.69) is 0 Å². The van der Waals surface area contributed by atoms with Gasteiger partial charge in [0.1, 0.15) is 13.2 Å². The average molecular weight is 561 g/mol. The number of benzene rings is 2. The molecular weight excluding hydrogens is 532 g/mol. The molecule has 2 aromatic carbocycles. The van der Waals surface area contributed by atoms with Crippen molar-refractivity contribution in [1.29, 1.82) is 0 Å². The van der Waals surface area contributed by atoms with Gasteiger partial charge in [0.05, 0.1) is 9.85 Å². The highest BCUT2D eigenvalue weighted by Gasteiger charge is 2.37. The number of thioether (sulfide) groups is 1. The van der Waals surface area contributed by atoms with Gasteiger partial charge >= 0.3 is 12.2 Å². The largest absolute Gasteiger partial charge is 0.445 e. The Morgan fingerprint density at radius 1 is 0.949 bits per heavy atom. The lowest BCUT2D eigenvalue weighted by Crippen LogP contribution is -2.39. The number of rotatable bonds is 10. The van der Waals surface area contributed by atoms with E-state index >= 15 is 0 Å². The number of hydrogen-bond donors (Lipinski definition) is 0. The fourth-order valence-electron chi connectivity index (χ4n) is 4.04. The first-order valence-electron chi connectivity index (χ1n) is 12.0. The molecule has 0 aliphatic carbocycles. The molecule has 0 unspecified atom stereocenters. The number of nitro groups is 2. The van der Waals surface area contributed by atoms with Crippen LogP contribution in [0.3, 0.4) is 0 Å². The van der Waals surface area contributed by atoms with Gasteiger partial charge in [-0.2, -0.15) is 0 Å². The van der Waals surface area contributed by atoms with Gasteiger partial charge in [-0.05, 0) is 48.2 Å². The quantitative estimate of drug-likeness (QED) is 0.298. The number of ether oxygens (including phenoxy) is 2. The zero-order valence-electron chi connectivity index (χ0n) is 21.4. The summed E-state index contributed by atoms with van der Waals surface area (Å²) >= 11 is 1.16. The van der Waals surface area contributed by atoms with E-state index < -0.39 is 22.0 Å². The fourth-order valence-corrected chi connectivity index (χ4v) is 5.06. The predicted octanol–water partition coefficient (Wildman–Crippen LogP) is 4.52. The van der Waals surface area contributed by atoms with Crippen LogP contribution in [0.15, 0.2) is 48.5 Å². The molecule has 2 aromatic rings. The minimum Gasteiger partial charge on any atom is -0.445 e. The van der Waals surface area contributed by atoms with Crippen molar-refractivity contribution in [3.63, 3.8) is 0 Å². The van der Waals surface area contributed by atoms with E-state index in [9.17, 15) is 34.6 Å². The van der Waals surface area contributed by atoms with E-state index in [4.69, 9.17) is 9.47 Å². The molecule has 0 bridgehead atoms. The summed E-state index contributed by atoms with van der Waals surface area (Å²) in [6, 6.07) is 11.1. The van der Waals surface area contributed by atoms with Gasteiger partial charge in [-0.25, -0.2) is 9.59 Å². The minimum atomic E-state index is -0.590. The minimum absolute atomic E-state index is 0.0526. The molecule has 3 rings (SSSR count). The average Bonchev–Trinajstić information content (AvgIpc) is 3.31. The smallest absolute Gasteiger partial charge is 0.410 e. The molecule has 2 atom stereocenters. The third-order valence-corrected chi connectivity index (χ3v) is 7.08. The fraction of sp³-hybridized carbons (Fsp3) is 0.400. The van der Waals surface area contributed by atoms with Crippen LogP contribution in [0, 0.1) is 20.2 Å². The Morgan fingerprint density at radius 2 is 1.46 bits per heavy atom. The summed E-state index contributed by atoms with van der Waals surface area (Å²) in [5.74, 6) is 0. The Kier molecular flexibility index (Phi) is 10.2. The van der Waals surface area contributed by atoms with E-state index in [1.807, 2.05) is 0 Å². The van der Waals surface area contributed by atoms with Gasteiger partial charge < -0.3 is 19.3 Å². The Morgan fingerprint density at radius 3 is 1.95 bits per heavy atom. The summed E-state index contributed by atoms with van der Waals surface area (Å²) in [5.41, 5.74) is 1.07. The number of carbonyl (C=O) groups excluding carboxylic acids is 3. The van der Waals surface area contributed by atoms with Crippen molar-refractivity contribution >= 4 is 40.4 Å². The third-order valence-electron chi connectivity index (χ3n) is 6.07. The lowest BCUT2D eigenvalue weighted by molar-refractivity contribution is -0.385. The Bertz CT molecular complexity index is 1210. The molecular formula is C25H28N4O9S. The summed E-state index contributed by atoms with van der Waals surface area (Å²) in [6.07, 6.45) is -0.200. The van der Waals surface area contributed by atoms with Crippen LogP contribution in [-0.2, 0) is 27.5 Å². The maximum Gasteiger partial charge on any atom is 0.410 e. The Labute approximate surface area is 228 Å². The summed E-state index contributed by atoms with van der Waals surface area (Å²) in [7, 11) is 1.56. The number of carbonyl (C=O) groups is 3. The zero-order valence-corrected chi connectivity index (χ0v) is 22.2. The van der Waals surface area contributed by atoms with Crippen molar-refractivity contribution in [2.24, 2.45) is 0 Å². The molecule has 39 heavy (non-hydrogen) atoms. The zero-order chi connectivity index (χ0) is 28.5. The van der Waals surface area contributed by atoms with Crippen LogP contribution in [0.25, 0.3) is 0 Å². The summed E-state index contributed by atoms with van der Waals surface area (Å²) in [4.78, 5) is 60.4. The lowest BCUT2D eigenvalue weighted by atomic mass is 10.1. The van der Waals surface area contributed by atoms with Gasteiger partial charge in [0.25, 0.3) is 11.4 Å². The topological polar surface area (TPSA) is 162 Å². The van der Waals surface area contributed by atoms with Crippen LogP contribution in [-0.4, -0.2) is 68.4 Å². The molecule has 13 nitrogen and oxygen atoms in total. The first-order valence-corrected chi connectivity index (χ1v) is 12.9. The second kappa shape index (κ2) is 13.6. The molecule has 2 amide bonds. The van der Waals surface area contributed by atoms with Crippen molar-refractivity contribution < 1.29 is 33.7 Å². The van der Waals surface area contributed by atoms with Gasteiger partial charge in [-0.15, -0.1) is 0 Å². The predicted molar refractivity (Wildman–Crippen MR) is 141 cm³/mol. The monoisotopic (exact) mass is 560 g/mol. The van der Waals surface area contributed by atoms with Gasteiger partial charge in [0.2, 0.25) is 0 Å². The maximum absolute atomic E-state index is 12.9. The van der Waals surface area contributed by atoms with Crippen LogP contribution in [0.5, 0.6) is 0 Å². The van der Waals surface area contributed by atoms with Crippen LogP contribution in [0.1, 0.15) is 30.9 Å². The van der Waals surface area contributed by atoms with Crippen LogP contribution in [0.4, 0.5) is 21.0 Å². The summed E-state index contributed by atoms with van der Waals surface area (Å²) < 4.78 is 10.7. The normalized spacial score (nSPS) is 16.4. The van der Waals surface area contributed by atoms with Gasteiger partial charge in [-0.1, -0.05) is 11.8 Å². The molecule has 0 aromatic heterocycles. The Balaban J connectivity index is 1.53. The Hall–Kier alpha value is -4.20. The van der Waals surface area contributed by atoms with Crippen molar-refractivity contribution in [2.75, 3.05) is 20.1 Å². The van der Waals surface area contributed by atoms with Crippen molar-refractivity contribution in [1.82, 2.24) is 9.80 Å². The molecule has 1 aliphatic rings. The van der Waals surface area contributed by atoms with Gasteiger partial charge in [-0.3, -0.25) is 25.0 Å². The molecule has 0 N–H and O–H groups in total. The molecule has 1 fully saturated rings. The molecule has 0 saturated carbocycles. The molecule has 208 valence electrons. The van der Waals surface area contributed by atoms with Crippen LogP contribution in [0.2, 0.25) is 0 Å². The molecule has 1 saturated heterocycles. The van der Waals surface area contributed by atoms with E-state index in [1.54, 1.807) is 11.9 Å². The van der Waals surface area contributed by atoms with Crippen molar-refractivity contribution in [2.45, 2.75) is 44.3 Å². The van der Waals surface area contributed by atoms with Crippen molar-refractivity contribution in [3.05, 3.63) is 79.9 Å². The van der Waals surface area contributed by atoms with Gasteiger partial charge in [0, 0.05) is 62.6 Å². The van der Waals surface area contributed by atoms with E-state index in [1.165, 1.54) is 60.4 Å². The number of hydrogen-bond acceptors (Lipinski definition) is 10. The van der Waals surface area contributed by atoms with E-state index in [0.29, 0.717) is 30.5 Å². The number of amides is 2. The number of non-ortho nitro benzene ring substituents is 2. The van der Waals surface area contributed by atoms with Crippen molar-refractivity contribution in [3.8, 4) is 0 Å². The number of likely N-dealkylation sites (tertiary alicyclic amines) is 1. The van der Waals surface area contributed by atoms with E-state index in [-0.39, 0.29) is 47.5 Å². The van der Waals surface area contributed by atoms with Crippen LogP contribution < -0.4 is 0 Å². The molecule has 14 heteroatoms. The first-order chi connectivity index (χ1) is 18.5. The second-order valence-electron chi connectivity index (χ2n) is 8.94. The highest BCUT2D eigenvalue weighted by atomic mass is 32.2. The number of nitrogens with zero attached hydrogens (tertiary/aromatic N) is 4. The van der Waals surface area contributed by atoms with Gasteiger partial charge in [0.15, 0.2) is 5.12 Å². The highest BCUT2D eigenvalue weighted by Crippen LogP contribution is 2.30. The van der Waals surface area contributed by atoms with E-state index in [0.717, 1.165) is 11.8 Å². The standard InChI is InChI=1S/C25H28N4O9S/c1-17(30)39-23-13-22(27(14-23)25(32)38-16-19-5-9-21(10-6-19)29(35)36)11-12-26(2)24(31)37-15-18-3-7-20(8-4-18)28(33)34/h3-10,22-23H,11-16H2,1-2H3/t22-,23+/m1/s1. The summed E-state index contributed by atoms with van der Waals surface area (Å²) in [6.45, 7) is 1.92. The maximum atomic E-state index is 12.9. The third kappa shape index (κ3) is 8.67. The molecule has 1 heterocycles. The molecule has 0 radical (unpaired) electrons. The lowest BCUT2D eigenvalue weighted by Gasteiger charge is -2.26. The second-order valence-corrected chi connectivity index (χ2v) is 10.4. The number of nitro benzene ring substituents is 2. The SMILES string of the molecule is CC(=O)S[C@H]1C[C@@H](CCN(C)C(=O)OCc2ccc([N+](=O)[O-])cc2)N(C(=O)OCc2ccc([N+](=O)[O-])cc2)C1.